The highest BCUT2D eigenvalue weighted by Gasteiger charge is 2.22. The van der Waals surface area contributed by atoms with Crippen molar-refractivity contribution in [2.45, 2.75) is 38.3 Å². The molecular weight excluding hydrogens is 406 g/mol. The van der Waals surface area contributed by atoms with Crippen molar-refractivity contribution >= 4 is 28.6 Å². The van der Waals surface area contributed by atoms with Crippen molar-refractivity contribution in [2.24, 2.45) is 0 Å². The average Bonchev–Trinajstić information content (AvgIpc) is 3.50. The topological polar surface area (TPSA) is 100 Å². The first-order valence-corrected chi connectivity index (χ1v) is 11.6. The van der Waals surface area contributed by atoms with Gasteiger partial charge in [-0.25, -0.2) is 4.98 Å². The van der Waals surface area contributed by atoms with Gasteiger partial charge in [-0.2, -0.15) is 9.97 Å². The molecule has 9 nitrogen and oxygen atoms in total. The number of ether oxygens (including phenoxy) is 1. The highest BCUT2D eigenvalue weighted by Crippen LogP contribution is 2.33. The van der Waals surface area contributed by atoms with Gasteiger partial charge in [0.2, 0.25) is 5.95 Å². The summed E-state index contributed by atoms with van der Waals surface area (Å²) in [7, 11) is 0. The first kappa shape index (κ1) is 21.1. The second kappa shape index (κ2) is 9.81. The molecule has 3 aromatic rings. The van der Waals surface area contributed by atoms with E-state index in [4.69, 9.17) is 9.72 Å². The van der Waals surface area contributed by atoms with E-state index in [1.807, 2.05) is 6.33 Å². The minimum Gasteiger partial charge on any atom is -0.395 e. The lowest BCUT2D eigenvalue weighted by Gasteiger charge is -2.26. The van der Waals surface area contributed by atoms with Crippen LogP contribution in [0.25, 0.3) is 11.2 Å². The molecule has 0 spiro atoms. The Morgan fingerprint density at radius 1 is 1.06 bits per heavy atom. The number of aromatic nitrogens is 4. The van der Waals surface area contributed by atoms with Crippen molar-refractivity contribution < 1.29 is 9.84 Å². The average molecular weight is 438 g/mol. The van der Waals surface area contributed by atoms with E-state index in [1.165, 1.54) is 18.4 Å². The van der Waals surface area contributed by atoms with Crippen LogP contribution >= 0.6 is 0 Å². The number of hydrogen-bond acceptors (Lipinski definition) is 8. The smallest absolute Gasteiger partial charge is 0.226 e. The van der Waals surface area contributed by atoms with Crippen molar-refractivity contribution in [3.05, 3.63) is 36.2 Å². The summed E-state index contributed by atoms with van der Waals surface area (Å²) < 4.78 is 7.62. The molecule has 0 unspecified atom stereocenters. The Hall–Kier alpha value is -2.75. The summed E-state index contributed by atoms with van der Waals surface area (Å²) in [6.07, 6.45) is 6.69. The highest BCUT2D eigenvalue weighted by molar-refractivity contribution is 5.86. The van der Waals surface area contributed by atoms with E-state index in [1.54, 1.807) is 0 Å². The van der Waals surface area contributed by atoms with Gasteiger partial charge in [0.15, 0.2) is 17.0 Å². The lowest BCUT2D eigenvalue weighted by molar-refractivity contribution is 0.0342. The normalized spacial score (nSPS) is 17.8. The number of nitrogens with zero attached hydrogens (tertiary/aromatic N) is 5. The van der Waals surface area contributed by atoms with Crippen LogP contribution < -0.4 is 10.6 Å². The lowest BCUT2D eigenvalue weighted by atomic mass is 10.2. The number of benzene rings is 1. The number of fused-ring (bicyclic) bond motifs is 1. The summed E-state index contributed by atoms with van der Waals surface area (Å²) in [5, 5.41) is 15.8. The third kappa shape index (κ3) is 4.69. The molecule has 2 aromatic heterocycles. The monoisotopic (exact) mass is 437 g/mol. The first-order valence-electron chi connectivity index (χ1n) is 11.6. The molecule has 1 aliphatic carbocycles. The van der Waals surface area contributed by atoms with E-state index in [0.717, 1.165) is 62.5 Å². The Balaban J connectivity index is 1.38. The fourth-order valence-corrected chi connectivity index (χ4v) is 4.55. The van der Waals surface area contributed by atoms with Crippen LogP contribution in [0.4, 0.5) is 17.5 Å². The van der Waals surface area contributed by atoms with Gasteiger partial charge in [-0.15, -0.1) is 0 Å². The van der Waals surface area contributed by atoms with Crippen LogP contribution in [-0.4, -0.2) is 69.0 Å². The Kier molecular flexibility index (Phi) is 6.47. The minimum absolute atomic E-state index is 0.0245. The van der Waals surface area contributed by atoms with Crippen molar-refractivity contribution in [2.75, 3.05) is 50.1 Å². The Morgan fingerprint density at radius 2 is 1.84 bits per heavy atom. The summed E-state index contributed by atoms with van der Waals surface area (Å²) >= 11 is 0. The molecule has 1 saturated carbocycles. The van der Waals surface area contributed by atoms with Gasteiger partial charge in [-0.1, -0.05) is 25.0 Å². The predicted octanol–water partition coefficient (Wildman–Crippen LogP) is 2.92. The van der Waals surface area contributed by atoms with E-state index in [0.29, 0.717) is 24.4 Å². The number of aliphatic hydroxyl groups is 1. The van der Waals surface area contributed by atoms with Gasteiger partial charge in [0.05, 0.1) is 26.1 Å². The van der Waals surface area contributed by atoms with Crippen LogP contribution in [0.1, 0.15) is 37.3 Å². The van der Waals surface area contributed by atoms with E-state index < -0.39 is 0 Å². The number of morpholine rings is 1. The molecule has 170 valence electrons. The number of rotatable bonds is 8. The quantitative estimate of drug-likeness (QED) is 0.495. The van der Waals surface area contributed by atoms with Gasteiger partial charge in [0.25, 0.3) is 0 Å². The van der Waals surface area contributed by atoms with Crippen LogP contribution in [0.5, 0.6) is 0 Å². The van der Waals surface area contributed by atoms with Crippen molar-refractivity contribution in [1.82, 2.24) is 24.4 Å². The molecular formula is C23H31N7O2. The van der Waals surface area contributed by atoms with Crippen molar-refractivity contribution in [3.63, 3.8) is 0 Å². The molecule has 2 aliphatic rings. The summed E-state index contributed by atoms with van der Waals surface area (Å²) in [6.45, 7) is 4.93. The number of anilines is 3. The molecule has 1 aromatic carbocycles. The molecule has 1 aliphatic heterocycles. The molecule has 3 heterocycles. The zero-order valence-electron chi connectivity index (χ0n) is 18.3. The molecule has 0 bridgehead atoms. The third-order valence-corrected chi connectivity index (χ3v) is 6.26. The van der Waals surface area contributed by atoms with Gasteiger partial charge in [-0.3, -0.25) is 4.90 Å². The molecule has 0 atom stereocenters. The first-order chi connectivity index (χ1) is 15.8. The Bertz CT molecular complexity index is 1020. The number of nitrogens with one attached hydrogen (secondary N) is 2. The molecule has 5 rings (SSSR count). The molecule has 0 amide bonds. The SMILES string of the molecule is OCCNc1nc(Nc2ccc(CN3CCOCC3)cc2)c2ncn(C3CCCC3)c2n1. The molecule has 3 N–H and O–H groups in total. The molecule has 1 saturated heterocycles. The summed E-state index contributed by atoms with van der Waals surface area (Å²) in [5.41, 5.74) is 3.84. The number of imidazole rings is 1. The van der Waals surface area contributed by atoms with Crippen LogP contribution in [0, 0.1) is 0 Å². The second-order valence-electron chi connectivity index (χ2n) is 8.52. The standard InChI is InChI=1S/C23H31N7O2/c31-12-9-24-23-27-21(20-22(28-23)30(16-25-20)19-3-1-2-4-19)26-18-7-5-17(6-8-18)15-29-10-13-32-14-11-29/h5-8,16,19,31H,1-4,9-15H2,(H2,24,26,27,28). The third-order valence-electron chi connectivity index (χ3n) is 6.26. The van der Waals surface area contributed by atoms with Crippen LogP contribution in [0.3, 0.4) is 0 Å². The van der Waals surface area contributed by atoms with Crippen LogP contribution in [0.2, 0.25) is 0 Å². The van der Waals surface area contributed by atoms with E-state index in [2.05, 4.69) is 54.3 Å². The van der Waals surface area contributed by atoms with Crippen LogP contribution in [-0.2, 0) is 11.3 Å². The summed E-state index contributed by atoms with van der Waals surface area (Å²) in [4.78, 5) is 16.4. The Labute approximate surface area is 187 Å². The van der Waals surface area contributed by atoms with Gasteiger partial charge >= 0.3 is 0 Å². The Morgan fingerprint density at radius 3 is 2.59 bits per heavy atom. The summed E-state index contributed by atoms with van der Waals surface area (Å²) in [5.74, 6) is 1.17. The van der Waals surface area contributed by atoms with Gasteiger partial charge < -0.3 is 25.0 Å². The van der Waals surface area contributed by atoms with Crippen LogP contribution in [0.15, 0.2) is 30.6 Å². The van der Waals surface area contributed by atoms with Crippen molar-refractivity contribution in [3.8, 4) is 0 Å². The van der Waals surface area contributed by atoms with E-state index in [9.17, 15) is 5.11 Å². The lowest BCUT2D eigenvalue weighted by Crippen LogP contribution is -2.35. The van der Waals surface area contributed by atoms with Gasteiger partial charge in [-0.05, 0) is 30.5 Å². The maximum atomic E-state index is 9.21. The zero-order chi connectivity index (χ0) is 21.8. The summed E-state index contributed by atoms with van der Waals surface area (Å²) in [6, 6.07) is 8.90. The van der Waals surface area contributed by atoms with Gasteiger partial charge in [0, 0.05) is 37.9 Å². The maximum Gasteiger partial charge on any atom is 0.226 e. The van der Waals surface area contributed by atoms with Gasteiger partial charge in [0.1, 0.15) is 0 Å². The fourth-order valence-electron chi connectivity index (χ4n) is 4.55. The highest BCUT2D eigenvalue weighted by atomic mass is 16.5. The zero-order valence-corrected chi connectivity index (χ0v) is 18.3. The predicted molar refractivity (Wildman–Crippen MR) is 124 cm³/mol. The molecule has 0 radical (unpaired) electrons. The minimum atomic E-state index is 0.0245. The second-order valence-corrected chi connectivity index (χ2v) is 8.52. The largest absolute Gasteiger partial charge is 0.395 e. The number of aliphatic hydroxyl groups excluding tert-OH is 1. The number of hydrogen-bond donors (Lipinski definition) is 3. The molecule has 9 heteroatoms. The molecule has 32 heavy (non-hydrogen) atoms. The van der Waals surface area contributed by atoms with E-state index in [-0.39, 0.29) is 6.61 Å². The van der Waals surface area contributed by atoms with E-state index >= 15 is 0 Å². The van der Waals surface area contributed by atoms with Crippen molar-refractivity contribution in [1.29, 1.82) is 0 Å². The fraction of sp³-hybridized carbons (Fsp3) is 0.522. The molecule has 2 fully saturated rings. The maximum absolute atomic E-state index is 9.21.